The third-order valence-electron chi connectivity index (χ3n) is 26.1. The second kappa shape index (κ2) is 38.1. The van der Waals surface area contributed by atoms with Gasteiger partial charge in [-0.1, -0.05) is 39.8 Å². The van der Waals surface area contributed by atoms with E-state index in [-0.39, 0.29) is 68.9 Å². The van der Waals surface area contributed by atoms with Crippen molar-refractivity contribution in [2.24, 2.45) is 28.9 Å². The average molecular weight is 1800 g/mol. The Morgan fingerprint density at radius 3 is 0.896 bits per heavy atom. The van der Waals surface area contributed by atoms with Gasteiger partial charge in [0.15, 0.2) is 0 Å². The minimum Gasteiger partial charge on any atom is -0.497 e. The zero-order chi connectivity index (χ0) is 89.0. The summed E-state index contributed by atoms with van der Waals surface area (Å²) in [7, 11) is -8.85. The fourth-order valence-corrected chi connectivity index (χ4v) is 23.9. The summed E-state index contributed by atoms with van der Waals surface area (Å²) >= 11 is 0. The quantitative estimate of drug-likeness (QED) is 0.0488. The monoisotopic (exact) mass is 1800 g/mol. The molecule has 6 aromatic rings. The largest absolute Gasteiger partial charge is 0.497 e. The first-order chi connectivity index (χ1) is 59.4. The molecule has 12 aliphatic heterocycles. The maximum absolute atomic E-state index is 14.2. The van der Waals surface area contributed by atoms with Crippen LogP contribution in [0.15, 0.2) is 176 Å². The maximum Gasteiger partial charge on any atom is 0.243 e. The molecule has 12 heterocycles. The predicted octanol–water partition coefficient (Wildman–Crippen LogP) is 9.64. The van der Waals surface area contributed by atoms with Crippen LogP contribution in [0.5, 0.6) is 5.75 Å². The summed E-state index contributed by atoms with van der Waals surface area (Å²) in [6.45, 7) is 20.5. The third kappa shape index (κ3) is 20.3. The number of carbonyl (C=O) groups is 1. The van der Waals surface area contributed by atoms with Gasteiger partial charge in [-0.2, -0.15) is 12.9 Å². The molecule has 0 spiro atoms. The lowest BCUT2D eigenvalue weighted by molar-refractivity contribution is -0.127. The number of carbonyl (C=O) groups excluding carboxylic acids is 1. The molecular weight excluding hydrogens is 1690 g/mol. The van der Waals surface area contributed by atoms with Gasteiger partial charge in [-0.05, 0) is 197 Å². The van der Waals surface area contributed by atoms with Crippen LogP contribution in [0.25, 0.3) is 0 Å². The van der Waals surface area contributed by atoms with Gasteiger partial charge in [0, 0.05) is 182 Å². The summed E-state index contributed by atoms with van der Waals surface area (Å²) in [5, 5.41) is 0. The van der Waals surface area contributed by atoms with E-state index >= 15 is 0 Å². The van der Waals surface area contributed by atoms with Gasteiger partial charge in [-0.3, -0.25) is 24.4 Å². The molecule has 1 amide bonds. The molecule has 0 aliphatic carbocycles. The molecule has 0 saturated carbocycles. The Morgan fingerprint density at radius 1 is 0.384 bits per heavy atom. The molecule has 125 heavy (non-hydrogen) atoms. The summed E-state index contributed by atoms with van der Waals surface area (Å²) in [5.74, 6) is -2.78. The van der Waals surface area contributed by atoms with E-state index in [4.69, 9.17) is 46.6 Å². The number of hydrogen-bond donors (Lipinski definition) is 4. The minimum atomic E-state index is -3.60. The van der Waals surface area contributed by atoms with Crippen molar-refractivity contribution in [3.63, 3.8) is 0 Å². The van der Waals surface area contributed by atoms with E-state index in [1.165, 1.54) is 28.6 Å². The molecular formula is C90H110F8N12O12S3. The zero-order valence-electron chi connectivity index (χ0n) is 70.8. The molecule has 18 rings (SSSR count). The molecule has 12 atom stereocenters. The Bertz CT molecular complexity index is 5430. The highest BCUT2D eigenvalue weighted by molar-refractivity contribution is 7.89. The Kier molecular flexibility index (Phi) is 28.0. The van der Waals surface area contributed by atoms with Crippen LogP contribution >= 0.6 is 0 Å². The maximum atomic E-state index is 14.2. The SMILES string of the molecule is CC(=O)N1CC2=C(C1)CN([C@H]1CO[C@H](c3cc(F)ccc3F)[C@@H](N)C1)C2.CC(C)CS(=O)(=O)N1CC2=C(CN([C@H]3CO[C@H](c4cc(F)ccc4F)[C@@H](N)C3)C2)C1.CC(C)c1ccc(S(=O)(=O)N2CC3=C(CN([C@H]4CO[C@H](c5cc(F)ccc5F)[C@@H](N)C4)C3)C2)cc1.COc1ccc(S(=O)(=O)N2CC3=C(CN([C@H]4CO[C@H](c5cc(F)ccc5F)[C@@H](N)C4)C3)C2)cc1. The first-order valence-corrected chi connectivity index (χ1v) is 47.0. The number of hydrogen-bond acceptors (Lipinski definition) is 20. The second-order valence-electron chi connectivity index (χ2n) is 35.6. The fraction of sp³-hybridized carbons (Fsp3) is 0.500. The van der Waals surface area contributed by atoms with Crippen molar-refractivity contribution in [1.29, 1.82) is 0 Å². The molecule has 0 unspecified atom stereocenters. The fourth-order valence-electron chi connectivity index (χ4n) is 19.3. The van der Waals surface area contributed by atoms with Crippen LogP contribution in [-0.2, 0) is 53.8 Å². The summed E-state index contributed by atoms with van der Waals surface area (Å²) in [6.07, 6.45) is -0.241. The van der Waals surface area contributed by atoms with Gasteiger partial charge in [-0.25, -0.2) is 60.4 Å². The molecule has 4 fully saturated rings. The van der Waals surface area contributed by atoms with Crippen molar-refractivity contribution >= 4 is 36.0 Å². The number of nitrogens with zero attached hydrogens (tertiary/aromatic N) is 8. The van der Waals surface area contributed by atoms with Crippen molar-refractivity contribution in [3.8, 4) is 5.75 Å². The number of ether oxygens (including phenoxy) is 5. The molecule has 0 bridgehead atoms. The summed E-state index contributed by atoms with van der Waals surface area (Å²) in [6, 6.07) is 25.4. The topological polar surface area (TPSA) is 296 Å². The van der Waals surface area contributed by atoms with Crippen LogP contribution in [0.3, 0.4) is 0 Å². The van der Waals surface area contributed by atoms with E-state index in [1.54, 1.807) is 51.9 Å². The molecule has 0 radical (unpaired) electrons. The third-order valence-corrected chi connectivity index (χ3v) is 31.9. The molecule has 676 valence electrons. The molecule has 12 aliphatic rings. The van der Waals surface area contributed by atoms with Crippen LogP contribution in [0.1, 0.15) is 118 Å². The van der Waals surface area contributed by atoms with Crippen molar-refractivity contribution in [1.82, 2.24) is 37.4 Å². The Labute approximate surface area is 725 Å². The number of methoxy groups -OCH3 is 1. The normalized spacial score (nSPS) is 27.4. The summed E-state index contributed by atoms with van der Waals surface area (Å²) < 4.78 is 222. The smallest absolute Gasteiger partial charge is 0.243 e. The van der Waals surface area contributed by atoms with Gasteiger partial charge in [0.1, 0.15) is 76.7 Å². The van der Waals surface area contributed by atoms with E-state index in [0.29, 0.717) is 160 Å². The standard InChI is InChI=1S/C26H31F2N3O3S.C24H27F2N3O4S.C21H29F2N3O3S.C19H23F2N3O2/c1-16(2)17-3-6-22(7-4-17)35(32,33)31-13-18-11-30(12-19(18)14-31)21-10-25(29)26(34-15-21)23-9-20(27)5-8-24(23)28;1-32-19-3-5-20(6-4-19)34(30,31)29-12-15-10-28(11-16(15)13-29)18-9-23(27)24(33-14-18)21-8-17(25)2-7-22(21)26;1-13(2)12-30(27,28)26-9-14-7-25(8-15(14)10-26)17-6-20(24)21(29-11-17)18-5-16(22)3-4-19(18)23;1-11(25)23-6-12-8-24(9-13(12)7-23)15-5-18(22)19(26-10-15)16-4-14(20)2-3-17(16)21/h3-9,16,21,25-26H,10-15,29H2,1-2H3;2-8,18,23-24H,9-14,27H2,1H3;3-5,13,17,20-21H,6-12,24H2,1-2H3;2-4,15,18-19H,5-10,22H2,1H3/t21-,25+,26-;18-,23+,24-;17-,20+,21-;15-,18+,19-/m1111/s1. The van der Waals surface area contributed by atoms with E-state index in [2.05, 4.69) is 33.4 Å². The van der Waals surface area contributed by atoms with Gasteiger partial charge in [0.2, 0.25) is 36.0 Å². The van der Waals surface area contributed by atoms with Crippen LogP contribution in [0.4, 0.5) is 35.1 Å². The molecule has 6 aromatic carbocycles. The molecule has 35 heteroatoms. The lowest BCUT2D eigenvalue weighted by atomic mass is 9.93. The van der Waals surface area contributed by atoms with Crippen LogP contribution in [0.2, 0.25) is 0 Å². The van der Waals surface area contributed by atoms with Gasteiger partial charge in [-0.15, -0.1) is 0 Å². The Hall–Kier alpha value is -7.76. The lowest BCUT2D eigenvalue weighted by Gasteiger charge is -2.39. The zero-order valence-corrected chi connectivity index (χ0v) is 73.3. The highest BCUT2D eigenvalue weighted by Gasteiger charge is 2.47. The van der Waals surface area contributed by atoms with E-state index in [0.717, 1.165) is 119 Å². The van der Waals surface area contributed by atoms with Crippen molar-refractivity contribution in [2.45, 2.75) is 149 Å². The van der Waals surface area contributed by atoms with Gasteiger partial charge >= 0.3 is 0 Å². The Balaban J connectivity index is 0.000000130. The minimum absolute atomic E-state index is 0.0279. The molecule has 8 N–H and O–H groups in total. The lowest BCUT2D eigenvalue weighted by Crippen LogP contribution is -2.49. The highest BCUT2D eigenvalue weighted by atomic mass is 32.2. The molecule has 4 saturated heterocycles. The van der Waals surface area contributed by atoms with Crippen molar-refractivity contribution in [3.05, 3.63) is 240 Å². The van der Waals surface area contributed by atoms with Crippen LogP contribution in [0, 0.1) is 52.5 Å². The first kappa shape index (κ1) is 92.0. The van der Waals surface area contributed by atoms with Crippen molar-refractivity contribution in [2.75, 3.05) is 144 Å². The van der Waals surface area contributed by atoms with Crippen LogP contribution < -0.4 is 27.7 Å². The highest BCUT2D eigenvalue weighted by Crippen LogP contribution is 2.42. The van der Waals surface area contributed by atoms with Gasteiger partial charge < -0.3 is 51.5 Å². The van der Waals surface area contributed by atoms with Crippen molar-refractivity contribution < 1.29 is 88.9 Å². The first-order valence-electron chi connectivity index (χ1n) is 42.5. The predicted molar refractivity (Wildman–Crippen MR) is 454 cm³/mol. The van der Waals surface area contributed by atoms with E-state index in [9.17, 15) is 65.2 Å². The van der Waals surface area contributed by atoms with E-state index < -0.39 is 125 Å². The van der Waals surface area contributed by atoms with Gasteiger partial charge in [0.25, 0.3) is 0 Å². The Morgan fingerprint density at radius 2 is 0.648 bits per heavy atom. The van der Waals surface area contributed by atoms with E-state index in [1.807, 2.05) is 30.9 Å². The summed E-state index contributed by atoms with van der Waals surface area (Å²) in [5.41, 5.74) is 36.4. The molecule has 24 nitrogen and oxygen atoms in total. The molecule has 0 aromatic heterocycles. The second-order valence-corrected chi connectivity index (χ2v) is 41.5. The summed E-state index contributed by atoms with van der Waals surface area (Å²) in [4.78, 5) is 23.0. The van der Waals surface area contributed by atoms with Gasteiger partial charge in [0.05, 0.1) is 49.1 Å². The number of sulfonamides is 3. The number of rotatable bonds is 17. The number of nitrogens with two attached hydrogens (primary N) is 4. The average Bonchev–Trinajstić information content (AvgIpc) is 1.63. The van der Waals surface area contributed by atoms with Crippen LogP contribution in [-0.4, -0.2) is 261 Å². The number of halogens is 8. The number of benzene rings is 6. The number of amides is 1.